The van der Waals surface area contributed by atoms with Gasteiger partial charge in [0, 0.05) is 5.56 Å². The maximum absolute atomic E-state index is 11.6. The van der Waals surface area contributed by atoms with Crippen molar-refractivity contribution < 1.29 is 14.4 Å². The molecule has 0 aliphatic carbocycles. The maximum Gasteiger partial charge on any atom is 0.350 e. The lowest BCUT2D eigenvalue weighted by atomic mass is 9.88. The van der Waals surface area contributed by atoms with Gasteiger partial charge in [-0.25, -0.2) is 4.79 Å². The number of oxime groups is 1. The molecule has 1 aliphatic rings. The topological polar surface area (TPSA) is 47.9 Å². The van der Waals surface area contributed by atoms with Gasteiger partial charge in [0.1, 0.15) is 0 Å². The Labute approximate surface area is 113 Å². The van der Waals surface area contributed by atoms with Crippen LogP contribution in [0.5, 0.6) is 0 Å². The summed E-state index contributed by atoms with van der Waals surface area (Å²) in [6.45, 7) is 8.11. The van der Waals surface area contributed by atoms with E-state index in [0.717, 1.165) is 22.4 Å². The van der Waals surface area contributed by atoms with Gasteiger partial charge in [-0.2, -0.15) is 0 Å². The molecule has 0 saturated carbocycles. The van der Waals surface area contributed by atoms with E-state index >= 15 is 0 Å². The van der Waals surface area contributed by atoms with Crippen molar-refractivity contribution >= 4 is 11.7 Å². The molecule has 0 saturated heterocycles. The lowest BCUT2D eigenvalue weighted by molar-refractivity contribution is -0.154. The number of hydrogen-bond donors (Lipinski definition) is 0. The lowest BCUT2D eigenvalue weighted by Crippen LogP contribution is -2.30. The van der Waals surface area contributed by atoms with E-state index < -0.39 is 6.10 Å². The number of rotatable bonds is 2. The third-order valence-corrected chi connectivity index (χ3v) is 3.52. The van der Waals surface area contributed by atoms with Gasteiger partial charge in [-0.1, -0.05) is 29.8 Å². The number of carbonyl (C=O) groups excluding carboxylic acids is 1. The van der Waals surface area contributed by atoms with Gasteiger partial charge in [-0.3, -0.25) is 0 Å². The second-order valence-corrected chi connectivity index (χ2v) is 5.09. The first kappa shape index (κ1) is 13.6. The molecule has 4 heteroatoms. The van der Waals surface area contributed by atoms with Gasteiger partial charge in [0.05, 0.1) is 18.7 Å². The quantitative estimate of drug-likeness (QED) is 0.769. The molecule has 0 fully saturated rings. The van der Waals surface area contributed by atoms with Crippen LogP contribution < -0.4 is 0 Å². The van der Waals surface area contributed by atoms with Crippen LogP contribution in [0.3, 0.4) is 0 Å². The van der Waals surface area contributed by atoms with E-state index in [9.17, 15) is 4.79 Å². The van der Waals surface area contributed by atoms with E-state index in [4.69, 9.17) is 9.57 Å². The highest BCUT2D eigenvalue weighted by Crippen LogP contribution is 2.28. The van der Waals surface area contributed by atoms with Crippen LogP contribution >= 0.6 is 0 Å². The van der Waals surface area contributed by atoms with Crippen molar-refractivity contribution in [1.29, 1.82) is 0 Å². The fraction of sp³-hybridized carbons (Fsp3) is 0.467. The summed E-state index contributed by atoms with van der Waals surface area (Å²) in [4.78, 5) is 16.8. The normalized spacial score (nSPS) is 21.8. The van der Waals surface area contributed by atoms with Crippen molar-refractivity contribution in [3.8, 4) is 0 Å². The Balaban J connectivity index is 2.37. The largest absolute Gasteiger partial charge is 0.466 e. The second-order valence-electron chi connectivity index (χ2n) is 5.09. The van der Waals surface area contributed by atoms with Crippen LogP contribution in [-0.2, 0) is 14.4 Å². The number of ether oxygens (including phenoxy) is 1. The van der Waals surface area contributed by atoms with Crippen molar-refractivity contribution in [1.82, 2.24) is 0 Å². The molecule has 0 spiro atoms. The van der Waals surface area contributed by atoms with Crippen molar-refractivity contribution in [3.63, 3.8) is 0 Å². The minimum absolute atomic E-state index is 0.104. The van der Waals surface area contributed by atoms with E-state index in [1.54, 1.807) is 0 Å². The SMILES string of the molecule is COC(=O)C1ON=C(c2c(C)cc(C)cc2C)C1C. The summed E-state index contributed by atoms with van der Waals surface area (Å²) in [5.41, 5.74) is 5.42. The zero-order chi connectivity index (χ0) is 14.2. The molecule has 0 aromatic heterocycles. The molecule has 0 amide bonds. The predicted molar refractivity (Wildman–Crippen MR) is 73.2 cm³/mol. The van der Waals surface area contributed by atoms with Gasteiger partial charge in [0.15, 0.2) is 0 Å². The lowest BCUT2D eigenvalue weighted by Gasteiger charge is -2.15. The summed E-state index contributed by atoms with van der Waals surface area (Å²) in [5.74, 6) is -0.485. The molecule has 0 bridgehead atoms. The molecule has 1 heterocycles. The standard InChI is InChI=1S/C15H19NO3/c1-8-6-9(2)12(10(3)7-8)13-11(4)14(19-16-13)15(17)18-5/h6-7,11,14H,1-5H3. The van der Waals surface area contributed by atoms with Crippen molar-refractivity contribution in [3.05, 3.63) is 34.4 Å². The van der Waals surface area contributed by atoms with Crippen LogP contribution in [-0.4, -0.2) is 24.9 Å². The van der Waals surface area contributed by atoms with Crippen molar-refractivity contribution in [2.75, 3.05) is 7.11 Å². The minimum atomic E-state index is -0.639. The summed E-state index contributed by atoms with van der Waals surface area (Å²) in [7, 11) is 1.36. The first-order valence-electron chi connectivity index (χ1n) is 6.35. The molecule has 1 aromatic rings. The third kappa shape index (κ3) is 2.35. The molecule has 2 unspecified atom stereocenters. The Morgan fingerprint density at radius 3 is 2.37 bits per heavy atom. The fourth-order valence-electron chi connectivity index (χ4n) is 2.65. The number of hydrogen-bond acceptors (Lipinski definition) is 4. The third-order valence-electron chi connectivity index (χ3n) is 3.52. The second kappa shape index (κ2) is 5.03. The van der Waals surface area contributed by atoms with Gasteiger partial charge in [-0.05, 0) is 31.9 Å². The van der Waals surface area contributed by atoms with Gasteiger partial charge < -0.3 is 9.57 Å². The molecule has 2 rings (SSSR count). The van der Waals surface area contributed by atoms with Gasteiger partial charge in [-0.15, -0.1) is 0 Å². The molecule has 1 aromatic carbocycles. The highest BCUT2D eigenvalue weighted by molar-refractivity contribution is 6.07. The Hall–Kier alpha value is -1.84. The summed E-state index contributed by atoms with van der Waals surface area (Å²) >= 11 is 0. The Bertz CT molecular complexity index is 525. The van der Waals surface area contributed by atoms with E-state index in [2.05, 4.69) is 38.1 Å². The molecule has 19 heavy (non-hydrogen) atoms. The smallest absolute Gasteiger partial charge is 0.350 e. The van der Waals surface area contributed by atoms with Crippen LogP contribution in [0, 0.1) is 26.7 Å². The Kier molecular flexibility index (Phi) is 3.60. The number of carbonyl (C=O) groups is 1. The molecule has 2 atom stereocenters. The summed E-state index contributed by atoms with van der Waals surface area (Å²) < 4.78 is 4.73. The first-order valence-corrected chi connectivity index (χ1v) is 6.35. The molecular formula is C15H19NO3. The highest BCUT2D eigenvalue weighted by atomic mass is 16.7. The Morgan fingerprint density at radius 1 is 1.26 bits per heavy atom. The van der Waals surface area contributed by atoms with E-state index in [-0.39, 0.29) is 11.9 Å². The number of methoxy groups -OCH3 is 1. The van der Waals surface area contributed by atoms with Crippen molar-refractivity contribution in [2.24, 2.45) is 11.1 Å². The number of benzene rings is 1. The zero-order valence-electron chi connectivity index (χ0n) is 12.0. The minimum Gasteiger partial charge on any atom is -0.466 e. The van der Waals surface area contributed by atoms with Crippen LogP contribution in [0.4, 0.5) is 0 Å². The van der Waals surface area contributed by atoms with Crippen LogP contribution in [0.15, 0.2) is 17.3 Å². The first-order chi connectivity index (χ1) is 8.95. The van der Waals surface area contributed by atoms with Crippen LogP contribution in [0.2, 0.25) is 0 Å². The summed E-state index contributed by atoms with van der Waals surface area (Å²) in [6.07, 6.45) is -0.639. The summed E-state index contributed by atoms with van der Waals surface area (Å²) in [6, 6.07) is 4.23. The van der Waals surface area contributed by atoms with Gasteiger partial charge in [0.25, 0.3) is 0 Å². The fourth-order valence-corrected chi connectivity index (χ4v) is 2.65. The van der Waals surface area contributed by atoms with Gasteiger partial charge >= 0.3 is 5.97 Å². The van der Waals surface area contributed by atoms with E-state index in [0.29, 0.717) is 0 Å². The summed E-state index contributed by atoms with van der Waals surface area (Å²) in [5, 5.41) is 4.10. The van der Waals surface area contributed by atoms with E-state index in [1.165, 1.54) is 12.7 Å². The number of aryl methyl sites for hydroxylation is 3. The molecule has 1 aliphatic heterocycles. The predicted octanol–water partition coefficient (Wildman–Crippen LogP) is 2.52. The Morgan fingerprint density at radius 2 is 1.84 bits per heavy atom. The molecule has 0 N–H and O–H groups in total. The highest BCUT2D eigenvalue weighted by Gasteiger charge is 2.38. The van der Waals surface area contributed by atoms with E-state index in [1.807, 2.05) is 6.92 Å². The average Bonchev–Trinajstić information content (AvgIpc) is 2.69. The molecular weight excluding hydrogens is 242 g/mol. The maximum atomic E-state index is 11.6. The number of nitrogens with zero attached hydrogens (tertiary/aromatic N) is 1. The van der Waals surface area contributed by atoms with Crippen molar-refractivity contribution in [2.45, 2.75) is 33.8 Å². The molecule has 0 radical (unpaired) electrons. The zero-order valence-corrected chi connectivity index (χ0v) is 12.0. The van der Waals surface area contributed by atoms with Crippen LogP contribution in [0.1, 0.15) is 29.2 Å². The average molecular weight is 261 g/mol. The monoisotopic (exact) mass is 261 g/mol. The number of esters is 1. The molecule has 4 nitrogen and oxygen atoms in total. The molecule has 102 valence electrons. The van der Waals surface area contributed by atoms with Gasteiger partial charge in [0.2, 0.25) is 6.10 Å². The van der Waals surface area contributed by atoms with Crippen LogP contribution in [0.25, 0.3) is 0 Å².